The fourth-order valence-corrected chi connectivity index (χ4v) is 2.70. The molecule has 0 aliphatic heterocycles. The molecule has 0 spiro atoms. The number of rotatable bonds is 10. The Bertz CT molecular complexity index is 336. The smallest absolute Gasteiger partial charge is 0.127 e. The lowest BCUT2D eigenvalue weighted by molar-refractivity contribution is 0.0336. The third-order valence-electron chi connectivity index (χ3n) is 4.07. The molecule has 23 heavy (non-hydrogen) atoms. The molecule has 0 aromatic heterocycles. The van der Waals surface area contributed by atoms with E-state index in [1.807, 2.05) is 4.90 Å². The number of aliphatic hydroxyl groups excluding tert-OH is 3. The predicted molar refractivity (Wildman–Crippen MR) is 93.2 cm³/mol. The van der Waals surface area contributed by atoms with Gasteiger partial charge in [-0.15, -0.1) is 0 Å². The molecule has 6 heteroatoms. The highest BCUT2D eigenvalue weighted by atomic mass is 16.3. The molecule has 3 atom stereocenters. The van der Waals surface area contributed by atoms with E-state index in [0.29, 0.717) is 12.5 Å². The van der Waals surface area contributed by atoms with Crippen LogP contribution in [-0.4, -0.2) is 65.2 Å². The van der Waals surface area contributed by atoms with Crippen LogP contribution < -0.4 is 0 Å². The Morgan fingerprint density at radius 3 is 1.87 bits per heavy atom. The van der Waals surface area contributed by atoms with Crippen molar-refractivity contribution in [3.05, 3.63) is 4.91 Å². The second-order valence-electron chi connectivity index (χ2n) is 8.82. The Morgan fingerprint density at radius 1 is 0.957 bits per heavy atom. The van der Waals surface area contributed by atoms with Gasteiger partial charge in [0.15, 0.2) is 0 Å². The van der Waals surface area contributed by atoms with Crippen molar-refractivity contribution in [2.24, 2.45) is 21.9 Å². The molecule has 0 radical (unpaired) electrons. The van der Waals surface area contributed by atoms with Gasteiger partial charge in [0.05, 0.1) is 19.3 Å². The van der Waals surface area contributed by atoms with Crippen LogP contribution in [0.25, 0.3) is 0 Å². The molecule has 0 aromatic rings. The first-order valence-electron chi connectivity index (χ1n) is 8.37. The van der Waals surface area contributed by atoms with Crippen molar-refractivity contribution in [3.8, 4) is 0 Å². The lowest BCUT2D eigenvalue weighted by atomic mass is 9.72. The summed E-state index contributed by atoms with van der Waals surface area (Å²) in [5, 5.41) is 31.0. The van der Waals surface area contributed by atoms with Gasteiger partial charge in [0.2, 0.25) is 0 Å². The van der Waals surface area contributed by atoms with Gasteiger partial charge in [0.25, 0.3) is 0 Å². The lowest BCUT2D eigenvalue weighted by Crippen LogP contribution is -2.45. The lowest BCUT2D eigenvalue weighted by Gasteiger charge is -2.39. The normalized spacial score (nSPS) is 17.1. The minimum absolute atomic E-state index is 0.0685. The summed E-state index contributed by atoms with van der Waals surface area (Å²) in [4.78, 5) is 12.7. The Hall–Kier alpha value is -0.560. The molecule has 0 heterocycles. The first-order chi connectivity index (χ1) is 10.4. The minimum atomic E-state index is -0.865. The molecular formula is C17H36N2O4. The van der Waals surface area contributed by atoms with Crippen molar-refractivity contribution in [2.75, 3.05) is 32.8 Å². The van der Waals surface area contributed by atoms with Gasteiger partial charge in [-0.1, -0.05) is 46.7 Å². The van der Waals surface area contributed by atoms with Gasteiger partial charge in [-0.25, -0.2) is 0 Å². The highest BCUT2D eigenvalue weighted by Crippen LogP contribution is 2.36. The van der Waals surface area contributed by atoms with Crippen LogP contribution in [0.2, 0.25) is 0 Å². The second kappa shape index (κ2) is 9.67. The number of hydrogen-bond donors (Lipinski definition) is 3. The van der Waals surface area contributed by atoms with E-state index in [2.05, 4.69) is 46.7 Å². The van der Waals surface area contributed by atoms with Crippen molar-refractivity contribution < 1.29 is 15.3 Å². The van der Waals surface area contributed by atoms with Crippen molar-refractivity contribution >= 4 is 0 Å². The molecule has 0 aliphatic rings. The number of nitrogens with zero attached hydrogens (tertiary/aromatic N) is 2. The molecule has 0 saturated carbocycles. The van der Waals surface area contributed by atoms with Gasteiger partial charge >= 0.3 is 0 Å². The SMILES string of the molecule is CC(C)(C)CC(CN(CC(O)CO)CC(CO)N=O)C(C)(C)C. The van der Waals surface area contributed by atoms with Gasteiger partial charge in [0.1, 0.15) is 6.04 Å². The van der Waals surface area contributed by atoms with Gasteiger partial charge in [0, 0.05) is 19.6 Å². The van der Waals surface area contributed by atoms with E-state index in [0.717, 1.165) is 6.42 Å². The van der Waals surface area contributed by atoms with Gasteiger partial charge < -0.3 is 15.3 Å². The van der Waals surface area contributed by atoms with Gasteiger partial charge in [-0.05, 0) is 23.2 Å². The van der Waals surface area contributed by atoms with E-state index in [9.17, 15) is 15.1 Å². The first kappa shape index (κ1) is 22.4. The van der Waals surface area contributed by atoms with Crippen LogP contribution in [0.5, 0.6) is 0 Å². The number of hydrogen-bond acceptors (Lipinski definition) is 6. The fourth-order valence-electron chi connectivity index (χ4n) is 2.70. The largest absolute Gasteiger partial charge is 0.394 e. The summed E-state index contributed by atoms with van der Waals surface area (Å²) in [6.45, 7) is 13.7. The Kier molecular flexibility index (Phi) is 9.43. The van der Waals surface area contributed by atoms with E-state index in [-0.39, 0.29) is 37.1 Å². The maximum absolute atomic E-state index is 10.8. The van der Waals surface area contributed by atoms with Crippen molar-refractivity contribution in [3.63, 3.8) is 0 Å². The molecule has 0 bridgehead atoms. The molecule has 0 amide bonds. The Morgan fingerprint density at radius 2 is 1.52 bits per heavy atom. The topological polar surface area (TPSA) is 93.4 Å². The highest BCUT2D eigenvalue weighted by molar-refractivity contribution is 4.84. The fraction of sp³-hybridized carbons (Fsp3) is 1.00. The summed E-state index contributed by atoms with van der Waals surface area (Å²) >= 11 is 0. The molecule has 0 fully saturated rings. The third-order valence-corrected chi connectivity index (χ3v) is 4.07. The van der Waals surface area contributed by atoms with E-state index >= 15 is 0 Å². The average Bonchev–Trinajstić information content (AvgIpc) is 2.40. The Balaban J connectivity index is 5.13. The molecule has 0 saturated heterocycles. The maximum atomic E-state index is 10.8. The molecule has 0 aromatic carbocycles. The van der Waals surface area contributed by atoms with Crippen LogP contribution in [0.15, 0.2) is 5.18 Å². The minimum Gasteiger partial charge on any atom is -0.394 e. The molecule has 0 rings (SSSR count). The van der Waals surface area contributed by atoms with Crippen molar-refractivity contribution in [1.82, 2.24) is 4.90 Å². The van der Waals surface area contributed by atoms with Crippen LogP contribution in [0.4, 0.5) is 0 Å². The predicted octanol–water partition coefficient (Wildman–Crippen LogP) is 1.87. The second-order valence-corrected chi connectivity index (χ2v) is 8.82. The molecule has 6 nitrogen and oxygen atoms in total. The zero-order valence-corrected chi connectivity index (χ0v) is 15.6. The van der Waals surface area contributed by atoms with Crippen molar-refractivity contribution in [2.45, 2.75) is 60.1 Å². The third kappa shape index (κ3) is 10.0. The zero-order valence-electron chi connectivity index (χ0n) is 15.6. The maximum Gasteiger partial charge on any atom is 0.127 e. The Labute approximate surface area is 140 Å². The standard InChI is InChI=1S/C17H36N2O4/c1-16(2,3)7-13(17(4,5)6)8-19(10-15(22)12-21)9-14(11-20)18-23/h13-15,20-22H,7-12H2,1-6H3. The van der Waals surface area contributed by atoms with E-state index in [4.69, 9.17) is 5.11 Å². The molecule has 0 aliphatic carbocycles. The number of aliphatic hydroxyl groups is 3. The molecule has 138 valence electrons. The summed E-state index contributed by atoms with van der Waals surface area (Å²) in [5.74, 6) is 0.347. The van der Waals surface area contributed by atoms with Crippen molar-refractivity contribution in [1.29, 1.82) is 0 Å². The van der Waals surface area contributed by atoms with Crippen LogP contribution in [0.3, 0.4) is 0 Å². The monoisotopic (exact) mass is 332 g/mol. The van der Waals surface area contributed by atoms with Crippen LogP contribution in [-0.2, 0) is 0 Å². The van der Waals surface area contributed by atoms with E-state index in [1.54, 1.807) is 0 Å². The zero-order chi connectivity index (χ0) is 18.3. The average molecular weight is 332 g/mol. The summed E-state index contributed by atoms with van der Waals surface area (Å²) in [7, 11) is 0. The summed E-state index contributed by atoms with van der Waals surface area (Å²) in [6, 6.07) is -0.712. The summed E-state index contributed by atoms with van der Waals surface area (Å²) in [6.07, 6.45) is 0.136. The molecule has 3 N–H and O–H groups in total. The molecular weight excluding hydrogens is 296 g/mol. The van der Waals surface area contributed by atoms with Crippen LogP contribution in [0.1, 0.15) is 48.0 Å². The van der Waals surface area contributed by atoms with Gasteiger partial charge in [-0.3, -0.25) is 4.90 Å². The highest BCUT2D eigenvalue weighted by Gasteiger charge is 2.31. The first-order valence-corrected chi connectivity index (χ1v) is 8.37. The van der Waals surface area contributed by atoms with Crippen LogP contribution >= 0.6 is 0 Å². The summed E-state index contributed by atoms with van der Waals surface area (Å²) < 4.78 is 0. The van der Waals surface area contributed by atoms with Crippen LogP contribution in [0, 0.1) is 21.7 Å². The number of nitroso groups, excluding NO2 is 1. The van der Waals surface area contributed by atoms with E-state index < -0.39 is 12.1 Å². The van der Waals surface area contributed by atoms with E-state index in [1.165, 1.54) is 0 Å². The summed E-state index contributed by atoms with van der Waals surface area (Å²) in [5.41, 5.74) is 0.234. The quantitative estimate of drug-likeness (QED) is 0.531. The van der Waals surface area contributed by atoms with Gasteiger partial charge in [-0.2, -0.15) is 4.91 Å². The molecule has 3 unspecified atom stereocenters.